The quantitative estimate of drug-likeness (QED) is 0.486. The van der Waals surface area contributed by atoms with Gasteiger partial charge < -0.3 is 10.2 Å². The topological polar surface area (TPSA) is 61.8 Å². The summed E-state index contributed by atoms with van der Waals surface area (Å²) in [7, 11) is 0. The first-order valence-corrected chi connectivity index (χ1v) is 12.6. The Balaban J connectivity index is 1.61. The van der Waals surface area contributed by atoms with Crippen LogP contribution in [0.25, 0.3) is 0 Å². The minimum absolute atomic E-state index is 0.117. The summed E-state index contributed by atoms with van der Waals surface area (Å²) < 4.78 is 0. The van der Waals surface area contributed by atoms with Crippen LogP contribution >= 0.6 is 11.6 Å². The van der Waals surface area contributed by atoms with E-state index in [1.54, 1.807) is 23.1 Å². The second-order valence-electron chi connectivity index (χ2n) is 9.19. The van der Waals surface area contributed by atoms with Crippen LogP contribution in [0.3, 0.4) is 0 Å². The number of halogens is 1. The third-order valence-electron chi connectivity index (χ3n) is 6.74. The molecule has 0 bridgehead atoms. The summed E-state index contributed by atoms with van der Waals surface area (Å²) in [5.74, 6) is -0.399. The zero-order chi connectivity index (χ0) is 24.2. The number of hydrogen-bond acceptors (Lipinski definition) is 3. The Bertz CT molecular complexity index is 1230. The van der Waals surface area contributed by atoms with Crippen molar-refractivity contribution in [2.45, 2.75) is 50.7 Å². The maximum absolute atomic E-state index is 13.9. The molecule has 5 rings (SSSR count). The van der Waals surface area contributed by atoms with Crippen LogP contribution in [-0.4, -0.2) is 34.5 Å². The average Bonchev–Trinajstić information content (AvgIpc) is 3.01. The van der Waals surface area contributed by atoms with Crippen molar-refractivity contribution in [3.8, 4) is 0 Å². The number of amides is 2. The first kappa shape index (κ1) is 23.3. The maximum atomic E-state index is 13.9. The van der Waals surface area contributed by atoms with Crippen LogP contribution in [0, 0.1) is 0 Å². The van der Waals surface area contributed by atoms with E-state index in [0.29, 0.717) is 22.0 Å². The molecular weight excluding hydrogens is 458 g/mol. The Morgan fingerprint density at radius 1 is 0.914 bits per heavy atom. The molecule has 2 amide bonds. The minimum Gasteiger partial charge on any atom is -0.351 e. The molecule has 178 valence electrons. The number of nitrogens with one attached hydrogen (secondary N) is 1. The summed E-state index contributed by atoms with van der Waals surface area (Å²) in [6, 6.07) is 23.6. The Hall–Kier alpha value is -3.44. The molecule has 35 heavy (non-hydrogen) atoms. The predicted octanol–water partition coefficient (Wildman–Crippen LogP) is 5.93. The van der Waals surface area contributed by atoms with Gasteiger partial charge in [-0.3, -0.25) is 9.59 Å². The van der Waals surface area contributed by atoms with Gasteiger partial charge in [-0.2, -0.15) is 0 Å². The number of benzene rings is 3. The number of nitrogens with zero attached hydrogens (tertiary/aromatic N) is 2. The molecule has 3 aromatic carbocycles. The zero-order valence-corrected chi connectivity index (χ0v) is 20.2. The van der Waals surface area contributed by atoms with Crippen molar-refractivity contribution in [3.63, 3.8) is 0 Å². The summed E-state index contributed by atoms with van der Waals surface area (Å²) in [6.45, 7) is 0.263. The molecule has 0 aromatic heterocycles. The zero-order valence-electron chi connectivity index (χ0n) is 19.5. The van der Waals surface area contributed by atoms with E-state index in [1.165, 1.54) is 6.42 Å². The third kappa shape index (κ3) is 5.15. The van der Waals surface area contributed by atoms with E-state index < -0.39 is 6.04 Å². The summed E-state index contributed by atoms with van der Waals surface area (Å²) in [6.07, 6.45) is 5.33. The molecule has 1 saturated carbocycles. The predicted molar refractivity (Wildman–Crippen MR) is 139 cm³/mol. The lowest BCUT2D eigenvalue weighted by atomic mass is 9.94. The standard InChI is InChI=1S/C29H28ClN3O2/c30-22-17-15-20(16-18-22)19-33-27(28(34)31-23-11-5-2-6-12-23)26(21-9-3-1-4-10-21)32-25-14-8-7-13-24(25)29(33)35/h1,3-4,7-10,13-18,23,27H,2,5-6,11-12,19H2,(H,31,34). The minimum atomic E-state index is -0.866. The van der Waals surface area contributed by atoms with Crippen LogP contribution in [0.4, 0.5) is 5.69 Å². The van der Waals surface area contributed by atoms with Crippen LogP contribution in [0.5, 0.6) is 0 Å². The van der Waals surface area contributed by atoms with Gasteiger partial charge in [0.1, 0.15) is 0 Å². The molecule has 1 atom stereocenters. The second-order valence-corrected chi connectivity index (χ2v) is 9.62. The molecule has 0 radical (unpaired) electrons. The lowest BCUT2D eigenvalue weighted by Gasteiger charge is -2.33. The van der Waals surface area contributed by atoms with E-state index >= 15 is 0 Å². The van der Waals surface area contributed by atoms with E-state index in [1.807, 2.05) is 60.7 Å². The van der Waals surface area contributed by atoms with Crippen LogP contribution in [0.1, 0.15) is 53.6 Å². The monoisotopic (exact) mass is 485 g/mol. The van der Waals surface area contributed by atoms with Gasteiger partial charge in [0.05, 0.1) is 17.0 Å². The van der Waals surface area contributed by atoms with E-state index in [-0.39, 0.29) is 24.4 Å². The molecule has 1 aliphatic carbocycles. The van der Waals surface area contributed by atoms with Gasteiger partial charge in [-0.1, -0.05) is 85.5 Å². The Morgan fingerprint density at radius 2 is 1.60 bits per heavy atom. The van der Waals surface area contributed by atoms with Gasteiger partial charge in [0, 0.05) is 17.6 Å². The molecule has 1 heterocycles. The number of hydrogen-bond donors (Lipinski definition) is 1. The lowest BCUT2D eigenvalue weighted by Crippen LogP contribution is -2.55. The van der Waals surface area contributed by atoms with E-state index in [9.17, 15) is 9.59 Å². The number of carbonyl (C=O) groups is 2. The highest BCUT2D eigenvalue weighted by atomic mass is 35.5. The smallest absolute Gasteiger partial charge is 0.257 e. The SMILES string of the molecule is O=C(NC1CCCCC1)C1C(c2ccccc2)=Nc2ccccc2C(=O)N1Cc1ccc(Cl)cc1. The molecule has 1 aliphatic heterocycles. The molecule has 2 aliphatic rings. The van der Waals surface area contributed by atoms with Crippen LogP contribution in [-0.2, 0) is 11.3 Å². The Morgan fingerprint density at radius 3 is 2.34 bits per heavy atom. The van der Waals surface area contributed by atoms with Crippen LogP contribution in [0.15, 0.2) is 83.9 Å². The normalized spacial score (nSPS) is 18.4. The highest BCUT2D eigenvalue weighted by molar-refractivity contribution is 6.30. The molecule has 1 fully saturated rings. The molecule has 0 saturated heterocycles. The van der Waals surface area contributed by atoms with Crippen molar-refractivity contribution in [3.05, 3.63) is 101 Å². The molecule has 1 N–H and O–H groups in total. The molecule has 1 unspecified atom stereocenters. The molecule has 6 heteroatoms. The fourth-order valence-electron chi connectivity index (χ4n) is 4.94. The van der Waals surface area contributed by atoms with Crippen molar-refractivity contribution in [1.29, 1.82) is 0 Å². The van der Waals surface area contributed by atoms with Crippen LogP contribution < -0.4 is 5.32 Å². The van der Waals surface area contributed by atoms with Crippen molar-refractivity contribution < 1.29 is 9.59 Å². The largest absolute Gasteiger partial charge is 0.351 e. The highest BCUT2D eigenvalue weighted by Crippen LogP contribution is 2.30. The number of carbonyl (C=O) groups excluding carboxylic acids is 2. The Kier molecular flexibility index (Phi) is 6.96. The molecule has 3 aromatic rings. The highest BCUT2D eigenvalue weighted by Gasteiger charge is 2.39. The molecular formula is C29H28ClN3O2. The van der Waals surface area contributed by atoms with Gasteiger partial charge in [-0.05, 0) is 48.2 Å². The third-order valence-corrected chi connectivity index (χ3v) is 6.99. The summed E-state index contributed by atoms with van der Waals surface area (Å²) in [4.78, 5) is 34.5. The van der Waals surface area contributed by atoms with Gasteiger partial charge in [0.25, 0.3) is 5.91 Å². The fraction of sp³-hybridized carbons (Fsp3) is 0.276. The first-order chi connectivity index (χ1) is 17.1. The van der Waals surface area contributed by atoms with Gasteiger partial charge >= 0.3 is 0 Å². The van der Waals surface area contributed by atoms with E-state index in [2.05, 4.69) is 5.32 Å². The molecule has 0 spiro atoms. The van der Waals surface area contributed by atoms with Crippen molar-refractivity contribution in [2.75, 3.05) is 0 Å². The van der Waals surface area contributed by atoms with Gasteiger partial charge in [0.2, 0.25) is 5.91 Å². The Labute approximate surface area is 210 Å². The second kappa shape index (κ2) is 10.4. The van der Waals surface area contributed by atoms with E-state index in [0.717, 1.165) is 36.8 Å². The van der Waals surface area contributed by atoms with Crippen molar-refractivity contribution in [2.24, 2.45) is 4.99 Å². The van der Waals surface area contributed by atoms with Crippen molar-refractivity contribution in [1.82, 2.24) is 10.2 Å². The number of rotatable bonds is 5. The fourth-order valence-corrected chi connectivity index (χ4v) is 5.06. The van der Waals surface area contributed by atoms with Crippen molar-refractivity contribution >= 4 is 34.8 Å². The molecule has 5 nitrogen and oxygen atoms in total. The first-order valence-electron chi connectivity index (χ1n) is 12.2. The lowest BCUT2D eigenvalue weighted by molar-refractivity contribution is -0.124. The van der Waals surface area contributed by atoms with Gasteiger partial charge in [-0.15, -0.1) is 0 Å². The van der Waals surface area contributed by atoms with E-state index in [4.69, 9.17) is 16.6 Å². The summed E-state index contributed by atoms with van der Waals surface area (Å²) >= 11 is 6.10. The number of fused-ring (bicyclic) bond motifs is 1. The average molecular weight is 486 g/mol. The van der Waals surface area contributed by atoms with Gasteiger partial charge in [-0.25, -0.2) is 4.99 Å². The number of aliphatic imine (C=N–C) groups is 1. The number of para-hydroxylation sites is 1. The summed E-state index contributed by atoms with van der Waals surface area (Å²) in [5, 5.41) is 3.88. The maximum Gasteiger partial charge on any atom is 0.257 e. The summed E-state index contributed by atoms with van der Waals surface area (Å²) in [5.41, 5.74) is 3.35. The van der Waals surface area contributed by atoms with Gasteiger partial charge in [0.15, 0.2) is 6.04 Å². The van der Waals surface area contributed by atoms with Crippen LogP contribution in [0.2, 0.25) is 5.02 Å².